The lowest BCUT2D eigenvalue weighted by atomic mass is 9.96. The fraction of sp³-hybridized carbons (Fsp3) is 0.538. The van der Waals surface area contributed by atoms with Crippen molar-refractivity contribution in [3.63, 3.8) is 0 Å². The van der Waals surface area contributed by atoms with Gasteiger partial charge in [0.15, 0.2) is 0 Å². The van der Waals surface area contributed by atoms with E-state index in [9.17, 15) is 4.79 Å². The van der Waals surface area contributed by atoms with E-state index in [-0.39, 0.29) is 0 Å². The zero-order valence-corrected chi connectivity index (χ0v) is 11.1. The summed E-state index contributed by atoms with van der Waals surface area (Å²) in [5.41, 5.74) is 8.05. The Morgan fingerprint density at radius 3 is 2.72 bits per heavy atom. The minimum Gasteiger partial charge on any atom is -0.496 e. The van der Waals surface area contributed by atoms with Crippen LogP contribution in [0.5, 0.6) is 5.75 Å². The lowest BCUT2D eigenvalue weighted by Gasteiger charge is -2.15. The average molecular weight is 252 g/mol. The Balaban J connectivity index is 2.99. The largest absolute Gasteiger partial charge is 0.496 e. The molecule has 1 rings (SSSR count). The molecule has 1 heterocycles. The van der Waals surface area contributed by atoms with E-state index in [4.69, 9.17) is 15.6 Å². The van der Waals surface area contributed by atoms with Gasteiger partial charge in [-0.15, -0.1) is 0 Å². The molecule has 5 heteroatoms. The first-order valence-electron chi connectivity index (χ1n) is 5.93. The molecule has 0 bridgehead atoms. The summed E-state index contributed by atoms with van der Waals surface area (Å²) < 4.78 is 5.31. The highest BCUT2D eigenvalue weighted by molar-refractivity contribution is 5.70. The molecule has 0 saturated carbocycles. The Hall–Kier alpha value is -1.62. The van der Waals surface area contributed by atoms with Gasteiger partial charge in [-0.3, -0.25) is 9.78 Å². The first-order valence-corrected chi connectivity index (χ1v) is 5.93. The molecular weight excluding hydrogens is 232 g/mol. The molecule has 0 aliphatic heterocycles. The van der Waals surface area contributed by atoms with E-state index >= 15 is 0 Å². The highest BCUT2D eigenvalue weighted by atomic mass is 16.5. The molecule has 1 unspecified atom stereocenters. The van der Waals surface area contributed by atoms with Crippen molar-refractivity contribution < 1.29 is 14.6 Å². The molecule has 0 amide bonds. The molecule has 100 valence electrons. The monoisotopic (exact) mass is 252 g/mol. The lowest BCUT2D eigenvalue weighted by Crippen LogP contribution is -2.21. The molecule has 0 spiro atoms. The summed E-state index contributed by atoms with van der Waals surface area (Å²) in [7, 11) is 1.60. The number of rotatable bonds is 6. The Labute approximate surface area is 107 Å². The number of methoxy groups -OCH3 is 1. The minimum absolute atomic E-state index is 0.360. The van der Waals surface area contributed by atoms with Crippen molar-refractivity contribution in [2.45, 2.75) is 26.7 Å². The molecule has 0 fully saturated rings. The number of carboxylic acids is 1. The van der Waals surface area contributed by atoms with Crippen LogP contribution in [0.3, 0.4) is 0 Å². The predicted molar refractivity (Wildman–Crippen MR) is 68.8 cm³/mol. The molecule has 3 N–H and O–H groups in total. The number of hydrogen-bond donors (Lipinski definition) is 2. The number of nitrogens with two attached hydrogens (primary N) is 1. The minimum atomic E-state index is -0.832. The Morgan fingerprint density at radius 1 is 1.56 bits per heavy atom. The van der Waals surface area contributed by atoms with E-state index in [1.54, 1.807) is 13.3 Å². The van der Waals surface area contributed by atoms with Gasteiger partial charge in [-0.25, -0.2) is 0 Å². The average Bonchev–Trinajstić information content (AvgIpc) is 2.32. The summed E-state index contributed by atoms with van der Waals surface area (Å²) in [5, 5.41) is 9.12. The van der Waals surface area contributed by atoms with Crippen molar-refractivity contribution in [1.82, 2.24) is 4.98 Å². The van der Waals surface area contributed by atoms with Gasteiger partial charge in [0.1, 0.15) is 5.75 Å². The topological polar surface area (TPSA) is 85.4 Å². The third kappa shape index (κ3) is 3.20. The second-order valence-corrected chi connectivity index (χ2v) is 4.36. The second kappa shape index (κ2) is 6.35. The third-order valence-corrected chi connectivity index (χ3v) is 3.05. The summed E-state index contributed by atoms with van der Waals surface area (Å²) in [6.45, 7) is 4.17. The smallest absolute Gasteiger partial charge is 0.306 e. The Bertz CT molecular complexity index is 432. The number of aromatic nitrogens is 1. The maximum absolute atomic E-state index is 11.1. The second-order valence-electron chi connectivity index (χ2n) is 4.36. The summed E-state index contributed by atoms with van der Waals surface area (Å²) >= 11 is 0. The molecule has 0 aromatic carbocycles. The molecule has 0 saturated heterocycles. The first-order chi connectivity index (χ1) is 8.51. The van der Waals surface area contributed by atoms with Crippen molar-refractivity contribution in [3.05, 3.63) is 23.0 Å². The van der Waals surface area contributed by atoms with Crippen molar-refractivity contribution in [3.8, 4) is 5.75 Å². The zero-order chi connectivity index (χ0) is 13.7. The maximum Gasteiger partial charge on any atom is 0.306 e. The van der Waals surface area contributed by atoms with E-state index in [0.29, 0.717) is 19.4 Å². The number of ether oxygens (including phenoxy) is 1. The highest BCUT2D eigenvalue weighted by Gasteiger charge is 2.20. The molecule has 0 aliphatic rings. The van der Waals surface area contributed by atoms with Crippen LogP contribution in [0.4, 0.5) is 0 Å². The molecule has 1 atom stereocenters. The van der Waals surface area contributed by atoms with Gasteiger partial charge in [-0.1, -0.05) is 0 Å². The van der Waals surface area contributed by atoms with Crippen LogP contribution in [0.1, 0.15) is 23.2 Å². The van der Waals surface area contributed by atoms with Gasteiger partial charge in [0, 0.05) is 29.4 Å². The van der Waals surface area contributed by atoms with E-state index in [2.05, 4.69) is 4.98 Å². The predicted octanol–water partition coefficient (Wildman–Crippen LogP) is 1.30. The first kappa shape index (κ1) is 14.4. The number of aliphatic carboxylic acids is 1. The SMILES string of the molecule is COc1c(C)cnc(CC(CCN)C(=O)O)c1C. The number of hydrogen-bond acceptors (Lipinski definition) is 4. The van der Waals surface area contributed by atoms with Gasteiger partial charge in [-0.2, -0.15) is 0 Å². The fourth-order valence-electron chi connectivity index (χ4n) is 2.02. The summed E-state index contributed by atoms with van der Waals surface area (Å²) in [6.07, 6.45) is 2.55. The number of carboxylic acid groups (broad SMARTS) is 1. The van der Waals surface area contributed by atoms with Gasteiger partial charge in [0.25, 0.3) is 0 Å². The fourth-order valence-corrected chi connectivity index (χ4v) is 2.02. The number of nitrogens with zero attached hydrogens (tertiary/aromatic N) is 1. The van der Waals surface area contributed by atoms with Crippen molar-refractivity contribution in [2.75, 3.05) is 13.7 Å². The number of pyridine rings is 1. The Kier molecular flexibility index (Phi) is 5.09. The maximum atomic E-state index is 11.1. The summed E-state index contributed by atoms with van der Waals surface area (Å²) in [6, 6.07) is 0. The molecular formula is C13H20N2O3. The van der Waals surface area contributed by atoms with Gasteiger partial charge < -0.3 is 15.6 Å². The van der Waals surface area contributed by atoms with Crippen LogP contribution < -0.4 is 10.5 Å². The van der Waals surface area contributed by atoms with Crippen LogP contribution in [0.2, 0.25) is 0 Å². The Morgan fingerprint density at radius 2 is 2.22 bits per heavy atom. The van der Waals surface area contributed by atoms with Gasteiger partial charge in [-0.05, 0) is 26.8 Å². The van der Waals surface area contributed by atoms with Gasteiger partial charge >= 0.3 is 5.97 Å². The molecule has 18 heavy (non-hydrogen) atoms. The van der Waals surface area contributed by atoms with Crippen molar-refractivity contribution in [2.24, 2.45) is 11.7 Å². The van der Waals surface area contributed by atoms with Crippen molar-refractivity contribution >= 4 is 5.97 Å². The normalized spacial score (nSPS) is 12.2. The highest BCUT2D eigenvalue weighted by Crippen LogP contribution is 2.26. The summed E-state index contributed by atoms with van der Waals surface area (Å²) in [5.74, 6) is -0.549. The standard InChI is InChI=1S/C13H20N2O3/c1-8-7-15-11(9(2)12(8)18-3)6-10(4-5-14)13(16)17/h7,10H,4-6,14H2,1-3H3,(H,16,17). The van der Waals surface area contributed by atoms with E-state index in [0.717, 1.165) is 22.6 Å². The van der Waals surface area contributed by atoms with Gasteiger partial charge in [0.05, 0.1) is 13.0 Å². The quantitative estimate of drug-likeness (QED) is 0.797. The van der Waals surface area contributed by atoms with E-state index in [1.165, 1.54) is 0 Å². The molecule has 0 aliphatic carbocycles. The molecule has 1 aromatic heterocycles. The van der Waals surface area contributed by atoms with E-state index in [1.807, 2.05) is 13.8 Å². The molecule has 1 aromatic rings. The lowest BCUT2D eigenvalue weighted by molar-refractivity contribution is -0.141. The van der Waals surface area contributed by atoms with Crippen LogP contribution in [0, 0.1) is 19.8 Å². The molecule has 5 nitrogen and oxygen atoms in total. The van der Waals surface area contributed by atoms with Crippen LogP contribution in [0.15, 0.2) is 6.20 Å². The van der Waals surface area contributed by atoms with Crippen LogP contribution in [0.25, 0.3) is 0 Å². The van der Waals surface area contributed by atoms with Gasteiger partial charge in [0.2, 0.25) is 0 Å². The number of aryl methyl sites for hydroxylation is 1. The van der Waals surface area contributed by atoms with Crippen molar-refractivity contribution in [1.29, 1.82) is 0 Å². The molecule has 0 radical (unpaired) electrons. The van der Waals surface area contributed by atoms with Crippen LogP contribution in [-0.2, 0) is 11.2 Å². The summed E-state index contributed by atoms with van der Waals surface area (Å²) in [4.78, 5) is 15.4. The zero-order valence-electron chi connectivity index (χ0n) is 11.1. The van der Waals surface area contributed by atoms with Crippen LogP contribution in [-0.4, -0.2) is 29.7 Å². The number of carbonyl (C=O) groups is 1. The van der Waals surface area contributed by atoms with Crippen LogP contribution >= 0.6 is 0 Å². The third-order valence-electron chi connectivity index (χ3n) is 3.05. The van der Waals surface area contributed by atoms with E-state index < -0.39 is 11.9 Å².